The summed E-state index contributed by atoms with van der Waals surface area (Å²) < 4.78 is 0. The molecule has 4 heteroatoms. The molecule has 0 saturated heterocycles. The molecule has 0 spiro atoms. The zero-order chi connectivity index (χ0) is 17.1. The Morgan fingerprint density at radius 1 is 0.417 bits per heavy atom. The molecule has 1 aliphatic carbocycles. The highest BCUT2D eigenvalue weighted by molar-refractivity contribution is 5.86. The van der Waals surface area contributed by atoms with E-state index in [1.165, 1.54) is 0 Å². The Morgan fingerprint density at radius 2 is 0.625 bits per heavy atom. The molecule has 0 bridgehead atoms. The van der Waals surface area contributed by atoms with Gasteiger partial charge in [0, 0.05) is 0 Å². The van der Waals surface area contributed by atoms with Crippen molar-refractivity contribution in [1.82, 2.24) is 0 Å². The van der Waals surface area contributed by atoms with Crippen LogP contribution >= 0.6 is 0 Å². The molecular weight excluding hydrogens is 304 g/mol. The van der Waals surface area contributed by atoms with Crippen LogP contribution in [0.15, 0.2) is 24.3 Å². The molecule has 0 radical (unpaired) electrons. The van der Waals surface area contributed by atoms with E-state index >= 15 is 0 Å². The molecule has 0 heterocycles. The lowest BCUT2D eigenvalue weighted by atomic mass is 9.92. The second-order valence-corrected chi connectivity index (χ2v) is 5.80. The lowest BCUT2D eigenvalue weighted by Gasteiger charge is -2.14. The SMILES string of the molecule is OCc1cc2c(cc1CO)/C=C\c1cc(CO)c(CO)cc1C=C2. The van der Waals surface area contributed by atoms with Crippen molar-refractivity contribution in [3.05, 3.63) is 68.8 Å². The van der Waals surface area contributed by atoms with Crippen LogP contribution in [0.5, 0.6) is 0 Å². The van der Waals surface area contributed by atoms with E-state index in [0.29, 0.717) is 22.3 Å². The smallest absolute Gasteiger partial charge is 0.0685 e. The highest BCUT2D eigenvalue weighted by Crippen LogP contribution is 2.28. The van der Waals surface area contributed by atoms with Gasteiger partial charge in [0.15, 0.2) is 0 Å². The fourth-order valence-corrected chi connectivity index (χ4v) is 2.98. The molecule has 0 saturated carbocycles. The van der Waals surface area contributed by atoms with E-state index in [1.54, 1.807) is 0 Å². The molecule has 124 valence electrons. The average molecular weight is 324 g/mol. The van der Waals surface area contributed by atoms with E-state index in [4.69, 9.17) is 0 Å². The van der Waals surface area contributed by atoms with Gasteiger partial charge in [-0.15, -0.1) is 0 Å². The van der Waals surface area contributed by atoms with Crippen LogP contribution in [0, 0.1) is 0 Å². The van der Waals surface area contributed by atoms with Gasteiger partial charge in [-0.1, -0.05) is 24.3 Å². The van der Waals surface area contributed by atoms with Gasteiger partial charge in [-0.05, 0) is 68.8 Å². The number of aliphatic hydroxyl groups excluding tert-OH is 4. The predicted octanol–water partition coefficient (Wildman–Crippen LogP) is 2.31. The Morgan fingerprint density at radius 3 is 0.792 bits per heavy atom. The zero-order valence-corrected chi connectivity index (χ0v) is 13.2. The van der Waals surface area contributed by atoms with E-state index < -0.39 is 0 Å². The fourth-order valence-electron chi connectivity index (χ4n) is 2.98. The highest BCUT2D eigenvalue weighted by Gasteiger charge is 2.10. The lowest BCUT2D eigenvalue weighted by molar-refractivity contribution is 0.260. The summed E-state index contributed by atoms with van der Waals surface area (Å²) >= 11 is 0. The maximum Gasteiger partial charge on any atom is 0.0685 e. The van der Waals surface area contributed by atoms with Gasteiger partial charge in [-0.2, -0.15) is 0 Å². The Bertz CT molecular complexity index is 683. The minimum absolute atomic E-state index is 0.119. The summed E-state index contributed by atoms with van der Waals surface area (Å²) in [4.78, 5) is 0. The number of aliphatic hydroxyl groups is 4. The van der Waals surface area contributed by atoms with Crippen LogP contribution < -0.4 is 0 Å². The molecule has 4 nitrogen and oxygen atoms in total. The number of fused-ring (bicyclic) bond motifs is 2. The molecule has 0 unspecified atom stereocenters. The van der Waals surface area contributed by atoms with Crippen molar-refractivity contribution in [2.24, 2.45) is 0 Å². The van der Waals surface area contributed by atoms with Gasteiger partial charge in [0.25, 0.3) is 0 Å². The summed E-state index contributed by atoms with van der Waals surface area (Å²) in [6.45, 7) is -0.477. The van der Waals surface area contributed by atoms with E-state index in [-0.39, 0.29) is 26.4 Å². The largest absolute Gasteiger partial charge is 0.392 e. The lowest BCUT2D eigenvalue weighted by Crippen LogP contribution is -1.99. The van der Waals surface area contributed by atoms with E-state index in [2.05, 4.69) is 0 Å². The summed E-state index contributed by atoms with van der Waals surface area (Å²) in [6, 6.07) is 7.51. The van der Waals surface area contributed by atoms with Crippen LogP contribution in [0.1, 0.15) is 44.5 Å². The minimum Gasteiger partial charge on any atom is -0.392 e. The van der Waals surface area contributed by atoms with Crippen molar-refractivity contribution < 1.29 is 20.4 Å². The van der Waals surface area contributed by atoms with E-state index in [0.717, 1.165) is 22.3 Å². The van der Waals surface area contributed by atoms with Gasteiger partial charge < -0.3 is 20.4 Å². The van der Waals surface area contributed by atoms with Crippen LogP contribution in [-0.4, -0.2) is 20.4 Å². The van der Waals surface area contributed by atoms with Gasteiger partial charge in [-0.25, -0.2) is 0 Å². The molecule has 0 aromatic heterocycles. The third-order valence-corrected chi connectivity index (χ3v) is 4.38. The Hall–Kier alpha value is -2.24. The van der Waals surface area contributed by atoms with E-state index in [9.17, 15) is 20.4 Å². The Kier molecular flexibility index (Phi) is 4.92. The van der Waals surface area contributed by atoms with E-state index in [1.807, 2.05) is 48.6 Å². The standard InChI is InChI=1S/C20H20O4/c21-9-17-5-13-1-2-14-6-18(10-22)20(12-24)8-16(14)4-3-15(13)7-19(17)11-23/h1-8,21-24H,9-12H2/b2-1-,4-3?,13-1?,14-2?,15-3?,16-4?. The van der Waals surface area contributed by atoms with Crippen molar-refractivity contribution >= 4 is 24.3 Å². The molecule has 2 aromatic carbocycles. The first kappa shape index (κ1) is 16.6. The minimum atomic E-state index is -0.119. The van der Waals surface area contributed by atoms with Gasteiger partial charge in [-0.3, -0.25) is 0 Å². The number of rotatable bonds is 4. The second-order valence-electron chi connectivity index (χ2n) is 5.80. The molecule has 0 amide bonds. The second kappa shape index (κ2) is 7.11. The third kappa shape index (κ3) is 3.05. The fraction of sp³-hybridized carbons (Fsp3) is 0.200. The summed E-state index contributed by atoms with van der Waals surface area (Å²) in [7, 11) is 0. The average Bonchev–Trinajstić information content (AvgIpc) is 2.62. The van der Waals surface area contributed by atoms with Crippen molar-refractivity contribution in [3.63, 3.8) is 0 Å². The highest BCUT2D eigenvalue weighted by atomic mass is 16.3. The van der Waals surface area contributed by atoms with Crippen molar-refractivity contribution in [2.75, 3.05) is 0 Å². The molecule has 24 heavy (non-hydrogen) atoms. The molecule has 0 fully saturated rings. The van der Waals surface area contributed by atoms with Crippen molar-refractivity contribution in [1.29, 1.82) is 0 Å². The maximum absolute atomic E-state index is 9.46. The normalized spacial score (nSPS) is 13.8. The monoisotopic (exact) mass is 324 g/mol. The molecule has 0 atom stereocenters. The number of hydrogen-bond acceptors (Lipinski definition) is 4. The third-order valence-electron chi connectivity index (χ3n) is 4.38. The maximum atomic E-state index is 9.46. The summed E-state index contributed by atoms with van der Waals surface area (Å²) in [5.74, 6) is 0. The van der Waals surface area contributed by atoms with Crippen molar-refractivity contribution in [2.45, 2.75) is 26.4 Å². The number of hydrogen-bond donors (Lipinski definition) is 4. The van der Waals surface area contributed by atoms with Crippen molar-refractivity contribution in [3.8, 4) is 0 Å². The first-order valence-corrected chi connectivity index (χ1v) is 7.81. The quantitative estimate of drug-likeness (QED) is 0.594. The first-order valence-electron chi connectivity index (χ1n) is 7.81. The Labute approximate surface area is 140 Å². The van der Waals surface area contributed by atoms with Gasteiger partial charge >= 0.3 is 0 Å². The Balaban J connectivity index is 2.12. The van der Waals surface area contributed by atoms with Crippen LogP contribution in [0.3, 0.4) is 0 Å². The molecule has 0 aliphatic heterocycles. The topological polar surface area (TPSA) is 80.9 Å². The van der Waals surface area contributed by atoms with Crippen LogP contribution in [0.2, 0.25) is 0 Å². The predicted molar refractivity (Wildman–Crippen MR) is 94.4 cm³/mol. The van der Waals surface area contributed by atoms with Gasteiger partial charge in [0.1, 0.15) is 0 Å². The van der Waals surface area contributed by atoms with Crippen LogP contribution in [-0.2, 0) is 26.4 Å². The molecule has 3 rings (SSSR count). The van der Waals surface area contributed by atoms with Crippen LogP contribution in [0.25, 0.3) is 24.3 Å². The molecule has 4 N–H and O–H groups in total. The summed E-state index contributed by atoms with van der Waals surface area (Å²) in [6.07, 6.45) is 7.82. The van der Waals surface area contributed by atoms with Gasteiger partial charge in [0.05, 0.1) is 26.4 Å². The summed E-state index contributed by atoms with van der Waals surface area (Å²) in [5, 5.41) is 37.8. The molecular formula is C20H20O4. The zero-order valence-electron chi connectivity index (χ0n) is 13.2. The molecule has 1 aliphatic rings. The molecule has 2 aromatic rings. The number of benzene rings is 2. The first-order chi connectivity index (χ1) is 11.7. The van der Waals surface area contributed by atoms with Gasteiger partial charge in [0.2, 0.25) is 0 Å². The summed E-state index contributed by atoms with van der Waals surface area (Å²) in [5.41, 5.74) is 6.65. The van der Waals surface area contributed by atoms with Crippen LogP contribution in [0.4, 0.5) is 0 Å².